The van der Waals surface area contributed by atoms with Gasteiger partial charge in [-0.3, -0.25) is 14.4 Å². The van der Waals surface area contributed by atoms with E-state index in [0.29, 0.717) is 19.3 Å². The Hall–Kier alpha value is -3.15. The molecule has 0 aliphatic rings. The maximum Gasteiger partial charge on any atom is 0.306 e. The predicted octanol–water partition coefficient (Wildman–Crippen LogP) is 19.0. The van der Waals surface area contributed by atoms with E-state index in [4.69, 9.17) is 14.2 Å². The maximum absolute atomic E-state index is 12.8. The van der Waals surface area contributed by atoms with E-state index in [1.807, 2.05) is 0 Å². The smallest absolute Gasteiger partial charge is 0.306 e. The molecule has 0 rings (SSSR count). The summed E-state index contributed by atoms with van der Waals surface area (Å²) in [5.41, 5.74) is 0. The van der Waals surface area contributed by atoms with Crippen molar-refractivity contribution in [2.75, 3.05) is 13.2 Å². The Labute approximate surface area is 414 Å². The number of carbonyl (C=O) groups is 3. The minimum Gasteiger partial charge on any atom is -0.462 e. The number of ether oxygens (including phenoxy) is 3. The van der Waals surface area contributed by atoms with Crippen molar-refractivity contribution < 1.29 is 28.6 Å². The quantitative estimate of drug-likeness (QED) is 0.0262. The molecule has 67 heavy (non-hydrogen) atoms. The first-order valence-electron chi connectivity index (χ1n) is 28.4. The van der Waals surface area contributed by atoms with E-state index >= 15 is 0 Å². The van der Waals surface area contributed by atoms with E-state index in [1.165, 1.54) is 141 Å². The first-order chi connectivity index (χ1) is 33.0. The van der Waals surface area contributed by atoms with Gasteiger partial charge in [-0.2, -0.15) is 0 Å². The highest BCUT2D eigenvalue weighted by Crippen LogP contribution is 2.14. The molecule has 0 aliphatic carbocycles. The van der Waals surface area contributed by atoms with Gasteiger partial charge in [0.25, 0.3) is 0 Å². The Bertz CT molecular complexity index is 1260. The molecule has 0 spiro atoms. The summed E-state index contributed by atoms with van der Waals surface area (Å²) < 4.78 is 16.8. The summed E-state index contributed by atoms with van der Waals surface area (Å²) in [4.78, 5) is 38.1. The summed E-state index contributed by atoms with van der Waals surface area (Å²) in [5, 5.41) is 0. The summed E-state index contributed by atoms with van der Waals surface area (Å²) >= 11 is 0. The lowest BCUT2D eigenvalue weighted by Gasteiger charge is -2.18. The van der Waals surface area contributed by atoms with Gasteiger partial charge in [-0.1, -0.05) is 222 Å². The third-order valence-electron chi connectivity index (χ3n) is 12.2. The predicted molar refractivity (Wildman–Crippen MR) is 288 cm³/mol. The lowest BCUT2D eigenvalue weighted by atomic mass is 10.1. The first-order valence-corrected chi connectivity index (χ1v) is 28.4. The third-order valence-corrected chi connectivity index (χ3v) is 12.2. The lowest BCUT2D eigenvalue weighted by Crippen LogP contribution is -2.30. The van der Waals surface area contributed by atoms with Crippen molar-refractivity contribution in [3.8, 4) is 0 Å². The highest BCUT2D eigenvalue weighted by molar-refractivity contribution is 5.71. The zero-order valence-corrected chi connectivity index (χ0v) is 44.2. The van der Waals surface area contributed by atoms with Crippen molar-refractivity contribution in [1.82, 2.24) is 0 Å². The van der Waals surface area contributed by atoms with Gasteiger partial charge >= 0.3 is 17.9 Å². The van der Waals surface area contributed by atoms with Crippen LogP contribution in [0.2, 0.25) is 0 Å². The van der Waals surface area contributed by atoms with Crippen LogP contribution in [0.25, 0.3) is 0 Å². The highest BCUT2D eigenvalue weighted by Gasteiger charge is 2.19. The Morgan fingerprint density at radius 1 is 0.299 bits per heavy atom. The summed E-state index contributed by atoms with van der Waals surface area (Å²) in [7, 11) is 0. The van der Waals surface area contributed by atoms with Gasteiger partial charge in [-0.25, -0.2) is 0 Å². The number of carbonyl (C=O) groups excluding carboxylic acids is 3. The van der Waals surface area contributed by atoms with Gasteiger partial charge < -0.3 is 14.2 Å². The van der Waals surface area contributed by atoms with Crippen molar-refractivity contribution in [2.45, 2.75) is 284 Å². The van der Waals surface area contributed by atoms with E-state index < -0.39 is 6.10 Å². The normalized spacial score (nSPS) is 12.6. The van der Waals surface area contributed by atoms with E-state index in [2.05, 4.69) is 93.7 Å². The fourth-order valence-electron chi connectivity index (χ4n) is 7.81. The van der Waals surface area contributed by atoms with Crippen LogP contribution in [0.1, 0.15) is 278 Å². The largest absolute Gasteiger partial charge is 0.462 e. The second kappa shape index (κ2) is 55.4. The van der Waals surface area contributed by atoms with Crippen LogP contribution in [0, 0.1) is 0 Å². The molecule has 6 nitrogen and oxygen atoms in total. The van der Waals surface area contributed by atoms with Crippen molar-refractivity contribution in [3.05, 3.63) is 72.9 Å². The van der Waals surface area contributed by atoms with Crippen LogP contribution in [0.4, 0.5) is 0 Å². The van der Waals surface area contributed by atoms with Gasteiger partial charge in [0.05, 0.1) is 0 Å². The van der Waals surface area contributed by atoms with Gasteiger partial charge in [0.1, 0.15) is 13.2 Å². The zero-order chi connectivity index (χ0) is 48.6. The maximum atomic E-state index is 12.8. The monoisotopic (exact) mass is 935 g/mol. The number of unbranched alkanes of at least 4 members (excludes halogenated alkanes) is 28. The molecule has 6 heteroatoms. The van der Waals surface area contributed by atoms with Crippen LogP contribution in [0.15, 0.2) is 72.9 Å². The zero-order valence-electron chi connectivity index (χ0n) is 44.2. The van der Waals surface area contributed by atoms with E-state index in [1.54, 1.807) is 0 Å². The molecule has 0 bridgehead atoms. The van der Waals surface area contributed by atoms with Gasteiger partial charge in [-0.15, -0.1) is 0 Å². The van der Waals surface area contributed by atoms with Gasteiger partial charge in [0, 0.05) is 19.3 Å². The van der Waals surface area contributed by atoms with E-state index in [9.17, 15) is 14.4 Å². The standard InChI is InChI=1S/C61H106O6/c1-4-7-10-13-16-19-22-24-26-28-29-30-31-33-34-36-39-42-45-48-51-54-60(63)66-57-58(56-65-59(62)53-50-47-44-41-38-21-18-15-12-9-6-3)67-61(64)55-52-49-46-43-40-37-35-32-27-25-23-20-17-14-11-8-5-2/h15,17-18,20,22,24-25,27-29,31,33,58H,4-14,16,19,21,23,26,30,32,34-57H2,1-3H3/b18-15-,20-17-,24-22-,27-25-,29-28-,33-31-. The first kappa shape index (κ1) is 63.8. The Morgan fingerprint density at radius 2 is 0.552 bits per heavy atom. The molecule has 1 atom stereocenters. The van der Waals surface area contributed by atoms with E-state index in [-0.39, 0.29) is 31.1 Å². The summed E-state index contributed by atoms with van der Waals surface area (Å²) in [6.45, 7) is 6.55. The van der Waals surface area contributed by atoms with Gasteiger partial charge in [-0.05, 0) is 109 Å². The number of allylic oxidation sites excluding steroid dienone is 12. The summed E-state index contributed by atoms with van der Waals surface area (Å²) in [5.74, 6) is -0.911. The third kappa shape index (κ3) is 53.7. The number of esters is 3. The average molecular weight is 936 g/mol. The van der Waals surface area contributed by atoms with Crippen molar-refractivity contribution in [2.24, 2.45) is 0 Å². The average Bonchev–Trinajstić information content (AvgIpc) is 3.33. The molecule has 0 radical (unpaired) electrons. The van der Waals surface area contributed by atoms with E-state index in [0.717, 1.165) is 96.3 Å². The fraction of sp³-hybridized carbons (Fsp3) is 0.754. The Balaban J connectivity index is 4.37. The number of rotatable bonds is 51. The van der Waals surface area contributed by atoms with Crippen LogP contribution < -0.4 is 0 Å². The van der Waals surface area contributed by atoms with Crippen LogP contribution in [0.3, 0.4) is 0 Å². The molecular formula is C61H106O6. The summed E-state index contributed by atoms with van der Waals surface area (Å²) in [6, 6.07) is 0. The molecule has 386 valence electrons. The van der Waals surface area contributed by atoms with Crippen LogP contribution in [0.5, 0.6) is 0 Å². The molecule has 0 aromatic heterocycles. The molecule has 0 aromatic carbocycles. The molecule has 0 fully saturated rings. The molecule has 0 N–H and O–H groups in total. The Kier molecular flexibility index (Phi) is 52.8. The molecule has 0 aromatic rings. The number of hydrogen-bond acceptors (Lipinski definition) is 6. The van der Waals surface area contributed by atoms with Crippen LogP contribution in [-0.4, -0.2) is 37.2 Å². The number of hydrogen-bond donors (Lipinski definition) is 0. The second-order valence-electron chi connectivity index (χ2n) is 18.8. The molecule has 0 aliphatic heterocycles. The van der Waals surface area contributed by atoms with Gasteiger partial charge in [0.15, 0.2) is 6.10 Å². The molecule has 0 saturated carbocycles. The summed E-state index contributed by atoms with van der Waals surface area (Å²) in [6.07, 6.45) is 70.3. The van der Waals surface area contributed by atoms with Crippen molar-refractivity contribution in [1.29, 1.82) is 0 Å². The minimum absolute atomic E-state index is 0.0873. The lowest BCUT2D eigenvalue weighted by molar-refractivity contribution is -0.167. The fourth-order valence-corrected chi connectivity index (χ4v) is 7.81. The van der Waals surface area contributed by atoms with Crippen molar-refractivity contribution in [3.63, 3.8) is 0 Å². The topological polar surface area (TPSA) is 78.9 Å². The molecular weight excluding hydrogens is 829 g/mol. The van der Waals surface area contributed by atoms with Crippen molar-refractivity contribution >= 4 is 17.9 Å². The molecule has 0 saturated heterocycles. The second-order valence-corrected chi connectivity index (χ2v) is 18.8. The highest BCUT2D eigenvalue weighted by atomic mass is 16.6. The van der Waals surface area contributed by atoms with Crippen LogP contribution in [-0.2, 0) is 28.6 Å². The molecule has 0 heterocycles. The Morgan fingerprint density at radius 3 is 0.925 bits per heavy atom. The van der Waals surface area contributed by atoms with Crippen LogP contribution >= 0.6 is 0 Å². The molecule has 1 unspecified atom stereocenters. The minimum atomic E-state index is -0.788. The molecule has 0 amide bonds. The SMILES string of the molecule is CCCC/C=C\CCCCCCCC(=O)OCC(COC(=O)CCCCCCCC/C=C\C/C=C\C/C=C\CCCCCCC)OC(=O)CCCCCCCCC/C=C\C/C=C\CCCCC. The van der Waals surface area contributed by atoms with Gasteiger partial charge in [0.2, 0.25) is 0 Å².